The topological polar surface area (TPSA) is 81.2 Å². The van der Waals surface area contributed by atoms with Gasteiger partial charge in [-0.05, 0) is 23.6 Å². The van der Waals surface area contributed by atoms with E-state index in [4.69, 9.17) is 5.73 Å². The van der Waals surface area contributed by atoms with Crippen molar-refractivity contribution in [2.75, 3.05) is 19.6 Å². The molecule has 1 fully saturated rings. The van der Waals surface area contributed by atoms with E-state index in [1.165, 1.54) is 6.20 Å². The van der Waals surface area contributed by atoms with Crippen molar-refractivity contribution in [2.45, 2.75) is 17.4 Å². The molecule has 2 N–H and O–H groups in total. The zero-order chi connectivity index (χ0) is 19.6. The van der Waals surface area contributed by atoms with Crippen LogP contribution in [0, 0.1) is 5.92 Å². The van der Waals surface area contributed by atoms with Gasteiger partial charge in [-0.2, -0.15) is 9.40 Å². The highest BCUT2D eigenvalue weighted by Crippen LogP contribution is 2.35. The van der Waals surface area contributed by atoms with E-state index in [-0.39, 0.29) is 16.7 Å². The molecule has 1 aliphatic rings. The van der Waals surface area contributed by atoms with Crippen LogP contribution < -0.4 is 5.73 Å². The molecule has 0 unspecified atom stereocenters. The highest BCUT2D eigenvalue weighted by atomic mass is 32.2. The third kappa shape index (κ3) is 3.73. The maximum atomic E-state index is 13.2. The number of nitrogens with zero attached hydrogens (tertiary/aromatic N) is 3. The number of aromatic nitrogens is 2. The van der Waals surface area contributed by atoms with Crippen molar-refractivity contribution in [1.29, 1.82) is 0 Å². The molecule has 28 heavy (non-hydrogen) atoms. The lowest BCUT2D eigenvalue weighted by Crippen LogP contribution is -2.29. The highest BCUT2D eigenvalue weighted by molar-refractivity contribution is 7.89. The molecule has 1 aromatic heterocycles. The number of nitrogens with two attached hydrogens (primary N) is 1. The second kappa shape index (κ2) is 7.87. The van der Waals surface area contributed by atoms with Gasteiger partial charge in [0, 0.05) is 25.2 Å². The fourth-order valence-electron chi connectivity index (χ4n) is 3.83. The average Bonchev–Trinajstić information content (AvgIpc) is 3.37. The quantitative estimate of drug-likeness (QED) is 0.693. The van der Waals surface area contributed by atoms with E-state index in [0.29, 0.717) is 26.2 Å². The molecule has 3 aromatic rings. The summed E-state index contributed by atoms with van der Waals surface area (Å²) in [5.41, 5.74) is 8.16. The van der Waals surface area contributed by atoms with Gasteiger partial charge in [-0.15, -0.1) is 0 Å². The number of hydrogen-bond acceptors (Lipinski definition) is 4. The summed E-state index contributed by atoms with van der Waals surface area (Å²) >= 11 is 0. The van der Waals surface area contributed by atoms with Gasteiger partial charge in [0.15, 0.2) is 0 Å². The summed E-state index contributed by atoms with van der Waals surface area (Å²) in [6.45, 7) is 1.87. The van der Waals surface area contributed by atoms with Crippen molar-refractivity contribution in [2.24, 2.45) is 11.7 Å². The largest absolute Gasteiger partial charge is 0.330 e. The summed E-state index contributed by atoms with van der Waals surface area (Å²) in [5.74, 6) is 0.219. The fraction of sp³-hybridized carbons (Fsp3) is 0.286. The summed E-state index contributed by atoms with van der Waals surface area (Å²) in [7, 11) is -3.60. The second-order valence-electron chi connectivity index (χ2n) is 7.19. The fourth-order valence-corrected chi connectivity index (χ4v) is 5.31. The van der Waals surface area contributed by atoms with Gasteiger partial charge >= 0.3 is 0 Å². The van der Waals surface area contributed by atoms with Crippen LogP contribution in [-0.4, -0.2) is 42.1 Å². The molecule has 6 nitrogen and oxygen atoms in total. The van der Waals surface area contributed by atoms with Crippen LogP contribution in [0.2, 0.25) is 0 Å². The molecule has 146 valence electrons. The first kappa shape index (κ1) is 18.9. The summed E-state index contributed by atoms with van der Waals surface area (Å²) in [4.78, 5) is 0.230. The molecule has 0 saturated carbocycles. The molecule has 0 radical (unpaired) electrons. The van der Waals surface area contributed by atoms with Gasteiger partial charge in [-0.25, -0.2) is 8.42 Å². The van der Waals surface area contributed by atoms with Crippen LogP contribution in [0.5, 0.6) is 0 Å². The molecule has 0 spiro atoms. The predicted molar refractivity (Wildman–Crippen MR) is 108 cm³/mol. The van der Waals surface area contributed by atoms with Gasteiger partial charge in [0.25, 0.3) is 0 Å². The van der Waals surface area contributed by atoms with E-state index in [9.17, 15) is 8.42 Å². The highest BCUT2D eigenvalue weighted by Gasteiger charge is 2.39. The number of rotatable bonds is 6. The SMILES string of the molecule is NC[C@@H]1CN(S(=O)(=O)c2cnn(Cc3ccccc3)c2)C[C@H]1c1ccccc1. The lowest BCUT2D eigenvalue weighted by molar-refractivity contribution is 0.459. The molecule has 0 bridgehead atoms. The number of sulfonamides is 1. The molecule has 1 aliphatic heterocycles. The zero-order valence-corrected chi connectivity index (χ0v) is 16.4. The standard InChI is InChI=1S/C21H24N4O2S/c22-11-19-14-25(16-21(19)18-9-5-2-6-10-18)28(26,27)20-12-23-24(15-20)13-17-7-3-1-4-8-17/h1-10,12,15,19,21H,11,13-14,16,22H2/t19-,21+/m1/s1. The lowest BCUT2D eigenvalue weighted by atomic mass is 9.89. The van der Waals surface area contributed by atoms with Gasteiger partial charge < -0.3 is 5.73 Å². The van der Waals surface area contributed by atoms with E-state index in [1.807, 2.05) is 60.7 Å². The van der Waals surface area contributed by atoms with Crippen molar-refractivity contribution < 1.29 is 8.42 Å². The molecule has 0 aliphatic carbocycles. The van der Waals surface area contributed by atoms with Crippen LogP contribution in [0.4, 0.5) is 0 Å². The normalized spacial score (nSPS) is 20.5. The van der Waals surface area contributed by atoms with Crippen molar-refractivity contribution in [1.82, 2.24) is 14.1 Å². The summed E-state index contributed by atoms with van der Waals surface area (Å²) < 4.78 is 29.5. The van der Waals surface area contributed by atoms with Crippen molar-refractivity contribution in [3.8, 4) is 0 Å². The minimum atomic E-state index is -3.60. The molecular weight excluding hydrogens is 372 g/mol. The number of benzene rings is 2. The first-order valence-corrected chi connectivity index (χ1v) is 10.8. The van der Waals surface area contributed by atoms with Crippen LogP contribution >= 0.6 is 0 Å². The molecule has 2 aromatic carbocycles. The van der Waals surface area contributed by atoms with E-state index >= 15 is 0 Å². The van der Waals surface area contributed by atoms with Crippen LogP contribution in [0.3, 0.4) is 0 Å². The smallest absolute Gasteiger partial charge is 0.246 e. The van der Waals surface area contributed by atoms with Gasteiger partial charge in [0.2, 0.25) is 10.0 Å². The van der Waals surface area contributed by atoms with Gasteiger partial charge in [-0.3, -0.25) is 4.68 Å². The molecule has 2 heterocycles. The average molecular weight is 397 g/mol. The Labute approximate surface area is 165 Å². The van der Waals surface area contributed by atoms with Crippen molar-refractivity contribution in [3.05, 3.63) is 84.2 Å². The molecular formula is C21H24N4O2S. The maximum absolute atomic E-state index is 13.2. The second-order valence-corrected chi connectivity index (χ2v) is 9.13. The number of hydrogen-bond donors (Lipinski definition) is 1. The van der Waals surface area contributed by atoms with E-state index in [1.54, 1.807) is 15.2 Å². The molecule has 1 saturated heterocycles. The Kier molecular flexibility index (Phi) is 5.30. The third-order valence-electron chi connectivity index (χ3n) is 5.37. The zero-order valence-electron chi connectivity index (χ0n) is 15.6. The van der Waals surface area contributed by atoms with E-state index < -0.39 is 10.0 Å². The third-order valence-corrected chi connectivity index (χ3v) is 7.16. The molecule has 4 rings (SSSR count). The molecule has 2 atom stereocenters. The Balaban J connectivity index is 1.54. The lowest BCUT2D eigenvalue weighted by Gasteiger charge is -2.16. The van der Waals surface area contributed by atoms with Crippen LogP contribution in [0.1, 0.15) is 17.0 Å². The summed E-state index contributed by atoms with van der Waals surface area (Å²) in [6, 6.07) is 19.9. The van der Waals surface area contributed by atoms with Gasteiger partial charge in [-0.1, -0.05) is 60.7 Å². The predicted octanol–water partition coefficient (Wildman–Crippen LogP) is 2.29. The Morgan fingerprint density at radius 2 is 1.68 bits per heavy atom. The summed E-state index contributed by atoms with van der Waals surface area (Å²) in [5, 5.41) is 4.25. The van der Waals surface area contributed by atoms with Crippen LogP contribution in [-0.2, 0) is 16.6 Å². The van der Waals surface area contributed by atoms with Crippen molar-refractivity contribution in [3.63, 3.8) is 0 Å². The van der Waals surface area contributed by atoms with Crippen molar-refractivity contribution >= 4 is 10.0 Å². The maximum Gasteiger partial charge on any atom is 0.246 e. The Morgan fingerprint density at radius 3 is 2.36 bits per heavy atom. The van der Waals surface area contributed by atoms with E-state index in [2.05, 4.69) is 5.10 Å². The monoisotopic (exact) mass is 396 g/mol. The molecule has 7 heteroatoms. The Morgan fingerprint density at radius 1 is 1.00 bits per heavy atom. The minimum Gasteiger partial charge on any atom is -0.330 e. The van der Waals surface area contributed by atoms with Gasteiger partial charge in [0.05, 0.1) is 12.7 Å². The van der Waals surface area contributed by atoms with Crippen LogP contribution in [0.25, 0.3) is 0 Å². The van der Waals surface area contributed by atoms with Gasteiger partial charge in [0.1, 0.15) is 4.90 Å². The van der Waals surface area contributed by atoms with Crippen LogP contribution in [0.15, 0.2) is 78.0 Å². The minimum absolute atomic E-state index is 0.108. The Hall–Kier alpha value is -2.48. The molecule has 0 amide bonds. The summed E-state index contributed by atoms with van der Waals surface area (Å²) in [6.07, 6.45) is 3.04. The first-order valence-electron chi connectivity index (χ1n) is 9.39. The van der Waals surface area contributed by atoms with E-state index in [0.717, 1.165) is 11.1 Å². The Bertz CT molecular complexity index is 1020. The first-order chi connectivity index (χ1) is 13.6.